The van der Waals surface area contributed by atoms with Gasteiger partial charge in [-0.25, -0.2) is 14.2 Å². The molecule has 9 heteroatoms. The SMILES string of the molecule is Cc1cc(NC(=O)Cn2nc3n(c2=O)CCCCC3)n(-c2cccc(Cl)c2)n1. The lowest BCUT2D eigenvalue weighted by molar-refractivity contribution is -0.117. The molecular weight excluding hydrogens is 380 g/mol. The largest absolute Gasteiger partial charge is 0.346 e. The van der Waals surface area contributed by atoms with Crippen molar-refractivity contribution in [2.24, 2.45) is 0 Å². The van der Waals surface area contributed by atoms with Gasteiger partial charge in [-0.3, -0.25) is 9.36 Å². The van der Waals surface area contributed by atoms with Crippen LogP contribution in [0.25, 0.3) is 5.69 Å². The zero-order valence-electron chi connectivity index (χ0n) is 15.6. The molecule has 0 atom stereocenters. The summed E-state index contributed by atoms with van der Waals surface area (Å²) in [5.41, 5.74) is 1.26. The predicted molar refractivity (Wildman–Crippen MR) is 106 cm³/mol. The van der Waals surface area contributed by atoms with Crippen LogP contribution in [0.4, 0.5) is 5.82 Å². The maximum absolute atomic E-state index is 12.6. The topological polar surface area (TPSA) is 86.7 Å². The van der Waals surface area contributed by atoms with Crippen LogP contribution in [0.3, 0.4) is 0 Å². The highest BCUT2D eigenvalue weighted by molar-refractivity contribution is 6.30. The average Bonchev–Trinajstić information content (AvgIpc) is 3.04. The first-order chi connectivity index (χ1) is 13.5. The molecule has 1 aliphatic rings. The van der Waals surface area contributed by atoms with Crippen LogP contribution in [0.15, 0.2) is 35.1 Å². The number of fused-ring (bicyclic) bond motifs is 1. The van der Waals surface area contributed by atoms with Gasteiger partial charge in [-0.05, 0) is 38.0 Å². The van der Waals surface area contributed by atoms with Gasteiger partial charge in [-0.15, -0.1) is 0 Å². The van der Waals surface area contributed by atoms with E-state index in [4.69, 9.17) is 11.6 Å². The molecule has 0 spiro atoms. The van der Waals surface area contributed by atoms with Gasteiger partial charge in [0.15, 0.2) is 0 Å². The van der Waals surface area contributed by atoms with Crippen molar-refractivity contribution in [2.75, 3.05) is 5.32 Å². The normalized spacial score (nSPS) is 13.8. The third-order valence-corrected chi connectivity index (χ3v) is 4.96. The van der Waals surface area contributed by atoms with E-state index in [0.717, 1.165) is 42.9 Å². The number of carbonyl (C=O) groups excluding carboxylic acids is 1. The molecule has 1 aromatic carbocycles. The van der Waals surface area contributed by atoms with Crippen molar-refractivity contribution in [3.63, 3.8) is 0 Å². The number of aryl methyl sites for hydroxylation is 2. The lowest BCUT2D eigenvalue weighted by Gasteiger charge is -2.09. The fourth-order valence-corrected chi connectivity index (χ4v) is 3.62. The van der Waals surface area contributed by atoms with Gasteiger partial charge >= 0.3 is 5.69 Å². The highest BCUT2D eigenvalue weighted by Crippen LogP contribution is 2.20. The molecule has 1 aliphatic heterocycles. The fraction of sp³-hybridized carbons (Fsp3) is 0.368. The van der Waals surface area contributed by atoms with E-state index in [-0.39, 0.29) is 18.1 Å². The minimum Gasteiger partial charge on any atom is -0.309 e. The molecule has 0 unspecified atom stereocenters. The molecule has 1 N–H and O–H groups in total. The second kappa shape index (κ2) is 7.63. The van der Waals surface area contributed by atoms with E-state index in [0.29, 0.717) is 17.4 Å². The van der Waals surface area contributed by atoms with Crippen molar-refractivity contribution < 1.29 is 4.79 Å². The van der Waals surface area contributed by atoms with Crippen LogP contribution < -0.4 is 11.0 Å². The van der Waals surface area contributed by atoms with Crippen molar-refractivity contribution in [1.29, 1.82) is 0 Å². The van der Waals surface area contributed by atoms with Crippen LogP contribution in [0.2, 0.25) is 5.02 Å². The van der Waals surface area contributed by atoms with Crippen LogP contribution in [-0.4, -0.2) is 30.0 Å². The zero-order chi connectivity index (χ0) is 19.7. The van der Waals surface area contributed by atoms with Crippen molar-refractivity contribution in [3.05, 3.63) is 57.4 Å². The summed E-state index contributed by atoms with van der Waals surface area (Å²) in [5, 5.41) is 12.2. The summed E-state index contributed by atoms with van der Waals surface area (Å²) >= 11 is 6.07. The van der Waals surface area contributed by atoms with Crippen molar-refractivity contribution in [2.45, 2.75) is 45.7 Å². The Bertz CT molecular complexity index is 1080. The second-order valence-corrected chi connectivity index (χ2v) is 7.37. The standard InChI is InChI=1S/C19H21ClN6O2/c1-13-10-17(26(22-13)15-7-5-6-14(20)11-15)21-18(27)12-25-19(28)24-9-4-2-3-8-16(24)23-25/h5-7,10-11H,2-4,8-9,12H2,1H3,(H,21,27). The van der Waals surface area contributed by atoms with Crippen LogP contribution >= 0.6 is 11.6 Å². The molecule has 0 aliphatic carbocycles. The molecule has 2 aromatic heterocycles. The van der Waals surface area contributed by atoms with E-state index < -0.39 is 0 Å². The minimum atomic E-state index is -0.335. The van der Waals surface area contributed by atoms with Gasteiger partial charge in [0.25, 0.3) is 0 Å². The fourth-order valence-electron chi connectivity index (χ4n) is 3.44. The van der Waals surface area contributed by atoms with Gasteiger partial charge in [0.05, 0.1) is 11.4 Å². The molecule has 8 nitrogen and oxygen atoms in total. The first-order valence-electron chi connectivity index (χ1n) is 9.30. The number of nitrogens with zero attached hydrogens (tertiary/aromatic N) is 5. The molecule has 0 saturated carbocycles. The summed E-state index contributed by atoms with van der Waals surface area (Å²) in [5.74, 6) is 0.937. The Morgan fingerprint density at radius 3 is 2.89 bits per heavy atom. The summed E-state index contributed by atoms with van der Waals surface area (Å²) in [6.07, 6.45) is 3.84. The predicted octanol–water partition coefficient (Wildman–Crippen LogP) is 2.56. The molecule has 0 fully saturated rings. The number of carbonyl (C=O) groups is 1. The van der Waals surface area contributed by atoms with Crippen molar-refractivity contribution in [3.8, 4) is 5.69 Å². The first kappa shape index (κ1) is 18.5. The number of rotatable bonds is 4. The van der Waals surface area contributed by atoms with Crippen LogP contribution in [0.5, 0.6) is 0 Å². The van der Waals surface area contributed by atoms with Gasteiger partial charge < -0.3 is 5.32 Å². The van der Waals surface area contributed by atoms with E-state index in [1.807, 2.05) is 19.1 Å². The van der Waals surface area contributed by atoms with Crippen molar-refractivity contribution in [1.82, 2.24) is 24.1 Å². The lowest BCUT2D eigenvalue weighted by Crippen LogP contribution is -2.30. The average molecular weight is 401 g/mol. The van der Waals surface area contributed by atoms with E-state index in [1.165, 1.54) is 4.68 Å². The first-order valence-corrected chi connectivity index (χ1v) is 9.68. The minimum absolute atomic E-state index is 0.140. The summed E-state index contributed by atoms with van der Waals surface area (Å²) < 4.78 is 4.54. The lowest BCUT2D eigenvalue weighted by atomic mass is 10.2. The Kier molecular flexibility index (Phi) is 5.04. The molecule has 0 bridgehead atoms. The number of anilines is 1. The van der Waals surface area contributed by atoms with Crippen LogP contribution in [0, 0.1) is 6.92 Å². The number of halogens is 1. The number of amides is 1. The van der Waals surface area contributed by atoms with Gasteiger partial charge in [0.1, 0.15) is 18.2 Å². The Hall–Kier alpha value is -2.87. The third kappa shape index (κ3) is 3.73. The number of hydrogen-bond acceptors (Lipinski definition) is 4. The summed E-state index contributed by atoms with van der Waals surface area (Å²) in [6.45, 7) is 2.36. The molecule has 28 heavy (non-hydrogen) atoms. The summed E-state index contributed by atoms with van der Waals surface area (Å²) in [7, 11) is 0. The molecular formula is C19H21ClN6O2. The number of benzene rings is 1. The highest BCUT2D eigenvalue weighted by atomic mass is 35.5. The highest BCUT2D eigenvalue weighted by Gasteiger charge is 2.18. The Balaban J connectivity index is 1.55. The maximum Gasteiger partial charge on any atom is 0.346 e. The molecule has 4 rings (SSSR count). The van der Waals surface area contributed by atoms with E-state index in [9.17, 15) is 9.59 Å². The van der Waals surface area contributed by atoms with E-state index in [1.54, 1.807) is 27.4 Å². The number of nitrogens with one attached hydrogen (secondary N) is 1. The molecule has 0 saturated heterocycles. The van der Waals surface area contributed by atoms with Crippen molar-refractivity contribution >= 4 is 23.3 Å². The molecule has 146 valence electrons. The van der Waals surface area contributed by atoms with Gasteiger partial charge in [0.2, 0.25) is 5.91 Å². The quantitative estimate of drug-likeness (QED) is 0.729. The van der Waals surface area contributed by atoms with E-state index in [2.05, 4.69) is 15.5 Å². The van der Waals surface area contributed by atoms with Crippen LogP contribution in [-0.2, 0) is 24.3 Å². The third-order valence-electron chi connectivity index (χ3n) is 4.73. The summed E-state index contributed by atoms with van der Waals surface area (Å²) in [6, 6.07) is 8.97. The summed E-state index contributed by atoms with van der Waals surface area (Å²) in [4.78, 5) is 25.1. The van der Waals surface area contributed by atoms with Gasteiger partial charge in [-0.2, -0.15) is 10.2 Å². The van der Waals surface area contributed by atoms with Gasteiger partial charge in [0, 0.05) is 24.1 Å². The molecule has 3 aromatic rings. The van der Waals surface area contributed by atoms with Crippen LogP contribution in [0.1, 0.15) is 30.8 Å². The smallest absolute Gasteiger partial charge is 0.309 e. The zero-order valence-corrected chi connectivity index (χ0v) is 16.3. The Labute approximate surface area is 166 Å². The second-order valence-electron chi connectivity index (χ2n) is 6.93. The monoisotopic (exact) mass is 400 g/mol. The number of aromatic nitrogens is 5. The molecule has 1 amide bonds. The molecule has 3 heterocycles. The number of hydrogen-bond donors (Lipinski definition) is 1. The molecule has 0 radical (unpaired) electrons. The Morgan fingerprint density at radius 1 is 1.21 bits per heavy atom. The van der Waals surface area contributed by atoms with E-state index >= 15 is 0 Å². The maximum atomic E-state index is 12.6. The Morgan fingerprint density at radius 2 is 2.07 bits per heavy atom. The van der Waals surface area contributed by atoms with Gasteiger partial charge in [-0.1, -0.05) is 24.1 Å².